The second-order valence-corrected chi connectivity index (χ2v) is 6.66. The van der Waals surface area contributed by atoms with Crippen molar-refractivity contribution >= 4 is 22.1 Å². The van der Waals surface area contributed by atoms with Crippen molar-refractivity contribution in [1.82, 2.24) is 0 Å². The molecule has 0 radical (unpaired) electrons. The van der Waals surface area contributed by atoms with Crippen LogP contribution in [-0.2, 0) is 14.3 Å². The summed E-state index contributed by atoms with van der Waals surface area (Å²) in [5.41, 5.74) is 0.783. The van der Waals surface area contributed by atoms with Crippen molar-refractivity contribution in [3.63, 3.8) is 0 Å². The normalized spacial score (nSPS) is 11.1. The fourth-order valence-corrected chi connectivity index (χ4v) is 2.83. The highest BCUT2D eigenvalue weighted by Crippen LogP contribution is 2.27. The molecule has 8 nitrogen and oxygen atoms in total. The molecular weight excluding hydrogens is 350 g/mol. The van der Waals surface area contributed by atoms with Crippen LogP contribution in [0.5, 0.6) is 5.75 Å². The first kappa shape index (κ1) is 18.6. The predicted molar refractivity (Wildman–Crippen MR) is 88.3 cm³/mol. The molecule has 9 heteroatoms. The molecule has 0 aliphatic carbocycles. The molecule has 2 rings (SSSR count). The van der Waals surface area contributed by atoms with Crippen molar-refractivity contribution in [2.45, 2.75) is 11.8 Å². The van der Waals surface area contributed by atoms with Crippen LogP contribution in [0.2, 0.25) is 0 Å². The van der Waals surface area contributed by atoms with Crippen molar-refractivity contribution in [3.05, 3.63) is 63.7 Å². The highest BCUT2D eigenvalue weighted by atomic mass is 32.2. The van der Waals surface area contributed by atoms with Crippen LogP contribution >= 0.6 is 0 Å². The maximum absolute atomic E-state index is 12.0. The zero-order valence-electron chi connectivity index (χ0n) is 13.2. The Hall–Kier alpha value is -2.78. The SMILES string of the molecule is Cc1ccc(S(=O)(=O)OCCOc2cc(C=O)ccc2[N+](=O)[O-])cc1. The number of carbonyl (C=O) groups excluding carboxylic acids is 1. The smallest absolute Gasteiger partial charge is 0.310 e. The lowest BCUT2D eigenvalue weighted by Gasteiger charge is -2.08. The van der Waals surface area contributed by atoms with Gasteiger partial charge >= 0.3 is 5.69 Å². The van der Waals surface area contributed by atoms with E-state index in [2.05, 4.69) is 0 Å². The number of aldehydes is 1. The third-order valence-electron chi connectivity index (χ3n) is 3.21. The van der Waals surface area contributed by atoms with Gasteiger partial charge in [0.05, 0.1) is 9.82 Å². The fraction of sp³-hybridized carbons (Fsp3) is 0.188. The summed E-state index contributed by atoms with van der Waals surface area (Å²) in [5.74, 6) is -0.133. The van der Waals surface area contributed by atoms with E-state index in [4.69, 9.17) is 8.92 Å². The van der Waals surface area contributed by atoms with Crippen LogP contribution in [-0.4, -0.2) is 32.8 Å². The van der Waals surface area contributed by atoms with Crippen LogP contribution in [0.3, 0.4) is 0 Å². The van der Waals surface area contributed by atoms with Gasteiger partial charge in [-0.25, -0.2) is 0 Å². The molecule has 0 spiro atoms. The maximum Gasteiger partial charge on any atom is 0.310 e. The van der Waals surface area contributed by atoms with Gasteiger partial charge in [0.25, 0.3) is 10.1 Å². The van der Waals surface area contributed by atoms with Crippen molar-refractivity contribution in [2.75, 3.05) is 13.2 Å². The lowest BCUT2D eigenvalue weighted by atomic mass is 10.2. The summed E-state index contributed by atoms with van der Waals surface area (Å²) < 4.78 is 34.0. The summed E-state index contributed by atoms with van der Waals surface area (Å²) in [6.45, 7) is 1.25. The largest absolute Gasteiger partial charge is 0.484 e. The number of benzene rings is 2. The predicted octanol–water partition coefficient (Wildman–Crippen LogP) is 2.50. The lowest BCUT2D eigenvalue weighted by molar-refractivity contribution is -0.385. The first-order valence-corrected chi connectivity index (χ1v) is 8.57. The number of nitrogens with zero attached hydrogens (tertiary/aromatic N) is 1. The van der Waals surface area contributed by atoms with E-state index in [9.17, 15) is 23.3 Å². The Bertz CT molecular complexity index is 876. The fourth-order valence-electron chi connectivity index (χ4n) is 1.94. The number of aryl methyl sites for hydroxylation is 1. The molecule has 0 aliphatic heterocycles. The minimum Gasteiger partial charge on any atom is -0.484 e. The quantitative estimate of drug-likeness (QED) is 0.232. The molecule has 0 N–H and O–H groups in total. The molecule has 0 atom stereocenters. The maximum atomic E-state index is 12.0. The third-order valence-corrected chi connectivity index (χ3v) is 4.53. The van der Waals surface area contributed by atoms with E-state index in [-0.39, 0.29) is 35.1 Å². The number of hydrogen-bond acceptors (Lipinski definition) is 7. The Kier molecular flexibility index (Phi) is 5.84. The summed E-state index contributed by atoms with van der Waals surface area (Å²) in [5, 5.41) is 10.9. The second kappa shape index (κ2) is 7.86. The average Bonchev–Trinajstić information content (AvgIpc) is 2.58. The van der Waals surface area contributed by atoms with Gasteiger partial charge in [0.15, 0.2) is 5.75 Å². The Balaban J connectivity index is 2.00. The van der Waals surface area contributed by atoms with Crippen molar-refractivity contribution in [1.29, 1.82) is 0 Å². The summed E-state index contributed by atoms with van der Waals surface area (Å²) in [4.78, 5) is 21.0. The van der Waals surface area contributed by atoms with E-state index in [1.807, 2.05) is 6.92 Å². The van der Waals surface area contributed by atoms with E-state index in [1.165, 1.54) is 24.3 Å². The summed E-state index contributed by atoms with van der Waals surface area (Å²) in [6, 6.07) is 9.76. The van der Waals surface area contributed by atoms with Gasteiger partial charge in [-0.05, 0) is 31.2 Å². The van der Waals surface area contributed by atoms with Crippen molar-refractivity contribution < 1.29 is 27.1 Å². The van der Waals surface area contributed by atoms with E-state index in [0.29, 0.717) is 6.29 Å². The van der Waals surface area contributed by atoms with Crippen molar-refractivity contribution in [3.8, 4) is 5.75 Å². The first-order chi connectivity index (χ1) is 11.8. The highest BCUT2D eigenvalue weighted by molar-refractivity contribution is 7.86. The zero-order valence-corrected chi connectivity index (χ0v) is 14.1. The molecule has 0 saturated carbocycles. The summed E-state index contributed by atoms with van der Waals surface area (Å²) >= 11 is 0. The van der Waals surface area contributed by atoms with Gasteiger partial charge in [-0.2, -0.15) is 8.42 Å². The number of rotatable bonds is 8. The molecule has 132 valence electrons. The Morgan fingerprint density at radius 2 is 1.80 bits per heavy atom. The number of hydrogen-bond donors (Lipinski definition) is 0. The number of nitro groups is 1. The monoisotopic (exact) mass is 365 g/mol. The van der Waals surface area contributed by atoms with Crippen LogP contribution in [0.15, 0.2) is 47.4 Å². The molecule has 0 fully saturated rings. The van der Waals surface area contributed by atoms with Gasteiger partial charge in [0.2, 0.25) is 0 Å². The number of carbonyl (C=O) groups is 1. The molecule has 0 unspecified atom stereocenters. The molecule has 0 saturated heterocycles. The summed E-state index contributed by atoms with van der Waals surface area (Å²) in [6.07, 6.45) is 0.523. The molecule has 2 aromatic rings. The standard InChI is InChI=1S/C16H15NO7S/c1-12-2-5-14(6-3-12)25(21,22)24-9-8-23-16-10-13(11-18)4-7-15(16)17(19)20/h2-7,10-11H,8-9H2,1H3. The third kappa shape index (κ3) is 4.85. The van der Waals surface area contributed by atoms with Crippen LogP contribution in [0.1, 0.15) is 15.9 Å². The van der Waals surface area contributed by atoms with E-state index in [1.54, 1.807) is 12.1 Å². The highest BCUT2D eigenvalue weighted by Gasteiger charge is 2.17. The first-order valence-electron chi connectivity index (χ1n) is 7.16. The van der Waals surface area contributed by atoms with E-state index in [0.717, 1.165) is 11.6 Å². The topological polar surface area (TPSA) is 113 Å². The van der Waals surface area contributed by atoms with E-state index < -0.39 is 15.0 Å². The van der Waals surface area contributed by atoms with Gasteiger partial charge in [-0.3, -0.25) is 19.1 Å². The minimum absolute atomic E-state index is 0.00651. The zero-order chi connectivity index (χ0) is 18.4. The molecule has 0 amide bonds. The Morgan fingerprint density at radius 3 is 2.40 bits per heavy atom. The van der Waals surface area contributed by atoms with Gasteiger partial charge in [-0.15, -0.1) is 0 Å². The van der Waals surface area contributed by atoms with Crippen LogP contribution in [0.4, 0.5) is 5.69 Å². The molecule has 25 heavy (non-hydrogen) atoms. The Morgan fingerprint density at radius 1 is 1.12 bits per heavy atom. The van der Waals surface area contributed by atoms with Gasteiger partial charge in [0.1, 0.15) is 19.5 Å². The molecule has 0 bridgehead atoms. The van der Waals surface area contributed by atoms with Crippen LogP contribution in [0.25, 0.3) is 0 Å². The number of ether oxygens (including phenoxy) is 1. The summed E-state index contributed by atoms with van der Waals surface area (Å²) in [7, 11) is -3.94. The Labute approximate surface area is 144 Å². The van der Waals surface area contributed by atoms with Crippen LogP contribution < -0.4 is 4.74 Å². The second-order valence-electron chi connectivity index (χ2n) is 5.04. The van der Waals surface area contributed by atoms with Gasteiger partial charge in [0, 0.05) is 11.6 Å². The average molecular weight is 365 g/mol. The van der Waals surface area contributed by atoms with Crippen LogP contribution in [0, 0.1) is 17.0 Å². The molecule has 2 aromatic carbocycles. The molecular formula is C16H15NO7S. The molecule has 0 heterocycles. The van der Waals surface area contributed by atoms with Gasteiger partial charge in [-0.1, -0.05) is 17.7 Å². The molecule has 0 aliphatic rings. The molecule has 0 aromatic heterocycles. The lowest BCUT2D eigenvalue weighted by Crippen LogP contribution is -2.13. The number of nitro benzene ring substituents is 1. The van der Waals surface area contributed by atoms with Crippen molar-refractivity contribution in [2.24, 2.45) is 0 Å². The van der Waals surface area contributed by atoms with Gasteiger partial charge < -0.3 is 4.74 Å². The minimum atomic E-state index is -3.94. The van der Waals surface area contributed by atoms with E-state index >= 15 is 0 Å².